The summed E-state index contributed by atoms with van der Waals surface area (Å²) >= 11 is 0. The van der Waals surface area contributed by atoms with Gasteiger partial charge in [-0.05, 0) is 32.0 Å². The van der Waals surface area contributed by atoms with Gasteiger partial charge in [0.15, 0.2) is 0 Å². The minimum Gasteiger partial charge on any atom is -0.380 e. The van der Waals surface area contributed by atoms with Crippen molar-refractivity contribution in [2.24, 2.45) is 0 Å². The van der Waals surface area contributed by atoms with Crippen LogP contribution >= 0.6 is 0 Å². The monoisotopic (exact) mass is 279 g/mol. The highest BCUT2D eigenvalue weighted by atomic mass is 16.6. The van der Waals surface area contributed by atoms with E-state index in [4.69, 9.17) is 4.74 Å². The fourth-order valence-electron chi connectivity index (χ4n) is 2.46. The molecule has 0 bridgehead atoms. The van der Waals surface area contributed by atoms with Crippen molar-refractivity contribution in [3.8, 4) is 0 Å². The number of nitro groups is 1. The lowest BCUT2D eigenvalue weighted by atomic mass is 10.1. The molecule has 0 spiro atoms. The van der Waals surface area contributed by atoms with E-state index in [1.165, 1.54) is 0 Å². The maximum atomic E-state index is 11.0. The summed E-state index contributed by atoms with van der Waals surface area (Å²) in [5.41, 5.74) is 1.79. The molecule has 0 amide bonds. The van der Waals surface area contributed by atoms with Crippen molar-refractivity contribution < 1.29 is 9.66 Å². The molecular weight excluding hydrogens is 258 g/mol. The number of nitro benzene ring substituents is 1. The number of benzene rings is 1. The van der Waals surface area contributed by atoms with Crippen molar-refractivity contribution in [2.45, 2.75) is 25.9 Å². The van der Waals surface area contributed by atoms with Crippen LogP contribution in [0.25, 0.3) is 0 Å². The van der Waals surface area contributed by atoms with Crippen molar-refractivity contribution in [2.75, 3.05) is 32.1 Å². The number of nitrogens with one attached hydrogen (secondary N) is 1. The largest absolute Gasteiger partial charge is 0.380 e. The first-order chi connectivity index (χ1) is 9.61. The molecule has 6 nitrogen and oxygen atoms in total. The summed E-state index contributed by atoms with van der Waals surface area (Å²) in [6, 6.07) is 5.71. The Hall–Kier alpha value is -1.66. The van der Waals surface area contributed by atoms with Crippen LogP contribution < -0.4 is 5.32 Å². The molecule has 20 heavy (non-hydrogen) atoms. The summed E-state index contributed by atoms with van der Waals surface area (Å²) < 4.78 is 5.39. The van der Waals surface area contributed by atoms with E-state index in [2.05, 4.69) is 17.3 Å². The summed E-state index contributed by atoms with van der Waals surface area (Å²) in [5.74, 6) is 0. The van der Waals surface area contributed by atoms with E-state index in [0.717, 1.165) is 31.7 Å². The quantitative estimate of drug-likeness (QED) is 0.639. The third-order valence-corrected chi connectivity index (χ3v) is 3.59. The standard InChI is InChI=1S/C14H21N3O3/c1-3-15-13-8-11(4-5-14(13)17(18)19)9-16(2)12-6-7-20-10-12/h4-5,8,12,15H,3,6-7,9-10H2,1-2H3. The average Bonchev–Trinajstić information content (AvgIpc) is 2.93. The van der Waals surface area contributed by atoms with Crippen LogP contribution in [0, 0.1) is 10.1 Å². The van der Waals surface area contributed by atoms with Crippen LogP contribution in [0.3, 0.4) is 0 Å². The van der Waals surface area contributed by atoms with Crippen molar-refractivity contribution in [1.82, 2.24) is 4.90 Å². The summed E-state index contributed by atoms with van der Waals surface area (Å²) in [5, 5.41) is 14.0. The van der Waals surface area contributed by atoms with Crippen LogP contribution in [-0.2, 0) is 11.3 Å². The zero-order valence-electron chi connectivity index (χ0n) is 12.0. The summed E-state index contributed by atoms with van der Waals surface area (Å²) in [4.78, 5) is 12.9. The number of ether oxygens (including phenoxy) is 1. The predicted octanol–water partition coefficient (Wildman–Crippen LogP) is 2.25. The van der Waals surface area contributed by atoms with Gasteiger partial charge in [0.25, 0.3) is 5.69 Å². The molecule has 1 aliphatic rings. The number of anilines is 1. The van der Waals surface area contributed by atoms with Crippen LogP contribution in [-0.4, -0.2) is 42.7 Å². The van der Waals surface area contributed by atoms with Crippen molar-refractivity contribution in [3.05, 3.63) is 33.9 Å². The molecule has 0 radical (unpaired) electrons. The smallest absolute Gasteiger partial charge is 0.292 e. The zero-order valence-corrected chi connectivity index (χ0v) is 12.0. The molecule has 6 heteroatoms. The highest BCUT2D eigenvalue weighted by Crippen LogP contribution is 2.26. The Balaban J connectivity index is 2.11. The fourth-order valence-corrected chi connectivity index (χ4v) is 2.46. The second kappa shape index (κ2) is 6.67. The minimum absolute atomic E-state index is 0.127. The molecule has 110 valence electrons. The lowest BCUT2D eigenvalue weighted by molar-refractivity contribution is -0.384. The van der Waals surface area contributed by atoms with Crippen LogP contribution in [0.1, 0.15) is 18.9 Å². The normalized spacial score (nSPS) is 18.4. The summed E-state index contributed by atoms with van der Waals surface area (Å²) in [7, 11) is 2.06. The van der Waals surface area contributed by atoms with Gasteiger partial charge >= 0.3 is 0 Å². The van der Waals surface area contributed by atoms with E-state index in [-0.39, 0.29) is 10.6 Å². The predicted molar refractivity (Wildman–Crippen MR) is 78.0 cm³/mol. The Morgan fingerprint density at radius 3 is 2.95 bits per heavy atom. The number of hydrogen-bond donors (Lipinski definition) is 1. The van der Waals surface area contributed by atoms with Gasteiger partial charge in [-0.25, -0.2) is 0 Å². The Labute approximate surface area is 118 Å². The van der Waals surface area contributed by atoms with Crippen molar-refractivity contribution >= 4 is 11.4 Å². The van der Waals surface area contributed by atoms with Crippen LogP contribution in [0.15, 0.2) is 18.2 Å². The van der Waals surface area contributed by atoms with E-state index in [1.54, 1.807) is 6.07 Å². The fraction of sp³-hybridized carbons (Fsp3) is 0.571. The third-order valence-electron chi connectivity index (χ3n) is 3.59. The van der Waals surface area contributed by atoms with E-state index in [1.807, 2.05) is 19.1 Å². The van der Waals surface area contributed by atoms with Gasteiger partial charge in [-0.2, -0.15) is 0 Å². The number of nitrogens with zero attached hydrogens (tertiary/aromatic N) is 2. The van der Waals surface area contributed by atoms with Crippen molar-refractivity contribution in [1.29, 1.82) is 0 Å². The molecule has 0 aromatic heterocycles. The van der Waals surface area contributed by atoms with Gasteiger partial charge in [0.1, 0.15) is 5.69 Å². The molecule has 1 saturated heterocycles. The van der Waals surface area contributed by atoms with E-state index in [9.17, 15) is 10.1 Å². The SMILES string of the molecule is CCNc1cc(CN(C)C2CCOC2)ccc1[N+](=O)[O-]. The lowest BCUT2D eigenvalue weighted by Gasteiger charge is -2.23. The van der Waals surface area contributed by atoms with Gasteiger partial charge in [0, 0.05) is 31.8 Å². The lowest BCUT2D eigenvalue weighted by Crippen LogP contribution is -2.31. The first-order valence-electron chi connectivity index (χ1n) is 6.91. The van der Waals surface area contributed by atoms with E-state index in [0.29, 0.717) is 18.3 Å². The van der Waals surface area contributed by atoms with Crippen molar-refractivity contribution in [3.63, 3.8) is 0 Å². The molecule has 1 heterocycles. The molecule has 0 aliphatic carbocycles. The Bertz CT molecular complexity index is 473. The molecule has 1 aliphatic heterocycles. The van der Waals surface area contributed by atoms with Gasteiger partial charge in [0.2, 0.25) is 0 Å². The molecule has 1 aromatic rings. The molecular formula is C14H21N3O3. The first-order valence-corrected chi connectivity index (χ1v) is 6.91. The molecule has 1 N–H and O–H groups in total. The molecule has 0 saturated carbocycles. The highest BCUT2D eigenvalue weighted by Gasteiger charge is 2.21. The molecule has 1 fully saturated rings. The molecule has 1 unspecified atom stereocenters. The maximum Gasteiger partial charge on any atom is 0.292 e. The summed E-state index contributed by atoms with van der Waals surface area (Å²) in [6.45, 7) is 4.95. The zero-order chi connectivity index (χ0) is 14.5. The van der Waals surface area contributed by atoms with Crippen LogP contribution in [0.5, 0.6) is 0 Å². The van der Waals surface area contributed by atoms with Crippen LogP contribution in [0.4, 0.5) is 11.4 Å². The van der Waals surface area contributed by atoms with Gasteiger partial charge in [-0.1, -0.05) is 6.07 Å². The molecule has 1 atom stereocenters. The Morgan fingerprint density at radius 2 is 2.35 bits per heavy atom. The summed E-state index contributed by atoms with van der Waals surface area (Å²) in [6.07, 6.45) is 1.05. The molecule has 1 aromatic carbocycles. The van der Waals surface area contributed by atoms with E-state index >= 15 is 0 Å². The second-order valence-electron chi connectivity index (χ2n) is 5.07. The third kappa shape index (κ3) is 3.46. The number of likely N-dealkylation sites (N-methyl/N-ethyl adjacent to an activating group) is 1. The van der Waals surface area contributed by atoms with E-state index < -0.39 is 0 Å². The van der Waals surface area contributed by atoms with Gasteiger partial charge in [-0.15, -0.1) is 0 Å². The van der Waals surface area contributed by atoms with Gasteiger partial charge in [-0.3, -0.25) is 15.0 Å². The number of hydrogen-bond acceptors (Lipinski definition) is 5. The first kappa shape index (κ1) is 14.7. The molecule has 2 rings (SSSR count). The van der Waals surface area contributed by atoms with Crippen LogP contribution in [0.2, 0.25) is 0 Å². The maximum absolute atomic E-state index is 11.0. The second-order valence-corrected chi connectivity index (χ2v) is 5.07. The topological polar surface area (TPSA) is 67.6 Å². The van der Waals surface area contributed by atoms with Gasteiger partial charge in [0.05, 0.1) is 11.5 Å². The Morgan fingerprint density at radius 1 is 1.55 bits per heavy atom. The highest BCUT2D eigenvalue weighted by molar-refractivity contribution is 5.62. The number of rotatable bonds is 6. The minimum atomic E-state index is -0.351. The van der Waals surface area contributed by atoms with Gasteiger partial charge < -0.3 is 10.1 Å². The Kier molecular flexibility index (Phi) is 4.92. The average molecular weight is 279 g/mol.